The zero-order valence-electron chi connectivity index (χ0n) is 2.46. The van der Waals surface area contributed by atoms with Gasteiger partial charge in [0.05, 0.1) is 0 Å². The molecule has 0 saturated carbocycles. The van der Waals surface area contributed by atoms with Crippen LogP contribution in [0.25, 0.3) is 0 Å². The van der Waals surface area contributed by atoms with Crippen LogP contribution in [0.2, 0.25) is 0 Å². The molecule has 0 amide bonds. The topological polar surface area (TPSA) is 14.0 Å². The highest BCUT2D eigenvalue weighted by Crippen LogP contribution is 1.37. The molecule has 0 bridgehead atoms. The molecule has 0 aliphatic heterocycles. The lowest BCUT2D eigenvalue weighted by atomic mass is 11.4. The molecule has 0 heterocycles. The van der Waals surface area contributed by atoms with Crippen LogP contribution in [0.5, 0.6) is 0 Å². The van der Waals surface area contributed by atoms with Crippen molar-refractivity contribution < 1.29 is 4.99 Å². The zero-order chi connectivity index (χ0) is 3.41. The third kappa shape index (κ3) is 1.96. The number of nitrogens with one attached hydrogen (secondary N) is 1. The Morgan fingerprint density at radius 1 is 2.00 bits per heavy atom. The SMILES string of the molecule is C[NH+]=CCl. The van der Waals surface area contributed by atoms with E-state index in [0.29, 0.717) is 0 Å². The first-order valence-corrected chi connectivity index (χ1v) is 1.44. The van der Waals surface area contributed by atoms with Gasteiger partial charge in [-0.25, -0.2) is 4.99 Å². The molecule has 24 valence electrons. The van der Waals surface area contributed by atoms with Crippen LogP contribution < -0.4 is 4.99 Å². The maximum Gasteiger partial charge on any atom is 0.230 e. The maximum atomic E-state index is 4.95. The Balaban J connectivity index is 2.55. The Morgan fingerprint density at radius 2 is 2.25 bits per heavy atom. The van der Waals surface area contributed by atoms with Gasteiger partial charge in [-0.3, -0.25) is 0 Å². The normalized spacial score (nSPS) is 9.50. The van der Waals surface area contributed by atoms with Crippen LogP contribution in [0.15, 0.2) is 0 Å². The molecule has 0 radical (unpaired) electrons. The summed E-state index contributed by atoms with van der Waals surface area (Å²) in [6, 6.07) is 0. The molecular weight excluding hydrogens is 73.5 g/mol. The van der Waals surface area contributed by atoms with Gasteiger partial charge in [-0.15, -0.1) is 0 Å². The molecular formula is C2H5ClN+. The lowest BCUT2D eigenvalue weighted by Crippen LogP contribution is -2.61. The van der Waals surface area contributed by atoms with E-state index in [-0.39, 0.29) is 0 Å². The lowest BCUT2D eigenvalue weighted by Gasteiger charge is -1.42. The van der Waals surface area contributed by atoms with E-state index in [1.807, 2.05) is 0 Å². The first kappa shape index (κ1) is 3.96. The molecule has 0 aliphatic rings. The molecule has 0 saturated heterocycles. The Bertz CT molecular complexity index is 21.2. The molecule has 0 aliphatic carbocycles. The van der Waals surface area contributed by atoms with Gasteiger partial charge in [0, 0.05) is 0 Å². The van der Waals surface area contributed by atoms with Crippen LogP contribution in [0.1, 0.15) is 0 Å². The highest BCUT2D eigenvalue weighted by atomic mass is 35.5. The van der Waals surface area contributed by atoms with E-state index in [1.165, 1.54) is 5.67 Å². The summed E-state index contributed by atoms with van der Waals surface area (Å²) < 4.78 is 0. The molecule has 1 nitrogen and oxygen atoms in total. The number of rotatable bonds is 0. The van der Waals surface area contributed by atoms with Gasteiger partial charge in [-0.1, -0.05) is 0 Å². The molecule has 0 unspecified atom stereocenters. The monoisotopic (exact) mass is 78.0 g/mol. The predicted molar refractivity (Wildman–Crippen MR) is 18.8 cm³/mol. The van der Waals surface area contributed by atoms with E-state index in [9.17, 15) is 0 Å². The van der Waals surface area contributed by atoms with Crippen LogP contribution in [0.4, 0.5) is 0 Å². The molecule has 0 atom stereocenters. The molecule has 0 aromatic carbocycles. The molecule has 1 N–H and O–H groups in total. The summed E-state index contributed by atoms with van der Waals surface area (Å²) in [5.41, 5.74) is 1.35. The van der Waals surface area contributed by atoms with Gasteiger partial charge in [0.1, 0.15) is 7.05 Å². The minimum atomic E-state index is 1.35. The Kier molecular flexibility index (Phi) is 2.93. The molecule has 2 heteroatoms. The van der Waals surface area contributed by atoms with Crippen molar-refractivity contribution in [2.24, 2.45) is 0 Å². The number of halogens is 1. The van der Waals surface area contributed by atoms with Crippen LogP contribution in [0.3, 0.4) is 0 Å². The van der Waals surface area contributed by atoms with Crippen molar-refractivity contribution in [3.8, 4) is 0 Å². The summed E-state index contributed by atoms with van der Waals surface area (Å²) in [7, 11) is 1.74. The highest BCUT2D eigenvalue weighted by molar-refractivity contribution is 6.54. The van der Waals surface area contributed by atoms with Crippen molar-refractivity contribution >= 4 is 17.3 Å². The van der Waals surface area contributed by atoms with Crippen molar-refractivity contribution in [1.29, 1.82) is 0 Å². The van der Waals surface area contributed by atoms with Gasteiger partial charge < -0.3 is 0 Å². The van der Waals surface area contributed by atoms with E-state index in [1.54, 1.807) is 7.05 Å². The molecule has 0 fully saturated rings. The Labute approximate surface area is 30.3 Å². The standard InChI is InChI=1S/C2H4ClN/c1-4-2-3/h2H,1H3/p+1. The Morgan fingerprint density at radius 3 is 2.25 bits per heavy atom. The molecule has 0 rings (SSSR count). The van der Waals surface area contributed by atoms with Crippen molar-refractivity contribution in [2.45, 2.75) is 0 Å². The van der Waals surface area contributed by atoms with Gasteiger partial charge in [-0.2, -0.15) is 0 Å². The molecule has 0 aromatic rings. The van der Waals surface area contributed by atoms with Crippen molar-refractivity contribution in [3.63, 3.8) is 0 Å². The Hall–Kier alpha value is -0.0400. The minimum Gasteiger partial charge on any atom is -0.241 e. The van der Waals surface area contributed by atoms with Crippen LogP contribution in [-0.4, -0.2) is 12.7 Å². The molecule has 4 heavy (non-hydrogen) atoms. The quantitative estimate of drug-likeness (QED) is 0.356. The second-order valence-electron chi connectivity index (χ2n) is 0.398. The van der Waals surface area contributed by atoms with Gasteiger partial charge in [0.2, 0.25) is 5.67 Å². The van der Waals surface area contributed by atoms with E-state index in [4.69, 9.17) is 11.6 Å². The fourth-order valence-corrected chi connectivity index (χ4v) is 0. The fraction of sp³-hybridized carbons (Fsp3) is 0.500. The largest absolute Gasteiger partial charge is 0.241 e. The van der Waals surface area contributed by atoms with E-state index < -0.39 is 0 Å². The average molecular weight is 78.5 g/mol. The predicted octanol–water partition coefficient (Wildman–Crippen LogP) is -1.04. The van der Waals surface area contributed by atoms with Crippen LogP contribution >= 0.6 is 11.6 Å². The van der Waals surface area contributed by atoms with E-state index in [2.05, 4.69) is 4.99 Å². The van der Waals surface area contributed by atoms with Gasteiger partial charge in [0.15, 0.2) is 0 Å². The number of hydrogen-bond acceptors (Lipinski definition) is 0. The maximum absolute atomic E-state index is 4.95. The first-order valence-electron chi connectivity index (χ1n) is 1.01. The van der Waals surface area contributed by atoms with E-state index in [0.717, 1.165) is 0 Å². The van der Waals surface area contributed by atoms with Crippen molar-refractivity contribution in [3.05, 3.63) is 0 Å². The first-order chi connectivity index (χ1) is 1.91. The third-order valence-electron chi connectivity index (χ3n) is 0.109. The van der Waals surface area contributed by atoms with E-state index >= 15 is 0 Å². The summed E-state index contributed by atoms with van der Waals surface area (Å²) in [4.78, 5) is 2.57. The van der Waals surface area contributed by atoms with Crippen LogP contribution in [-0.2, 0) is 0 Å². The fourth-order valence-electron chi connectivity index (χ4n) is 0. The second kappa shape index (κ2) is 2.96. The van der Waals surface area contributed by atoms with Crippen molar-refractivity contribution in [2.75, 3.05) is 7.05 Å². The number of hydrogen-bond donors (Lipinski definition) is 1. The van der Waals surface area contributed by atoms with Gasteiger partial charge in [0.25, 0.3) is 0 Å². The average Bonchev–Trinajstić information content (AvgIpc) is 1.37. The smallest absolute Gasteiger partial charge is 0.230 e. The molecule has 0 spiro atoms. The summed E-state index contributed by atoms with van der Waals surface area (Å²) in [6.07, 6.45) is 0. The zero-order valence-corrected chi connectivity index (χ0v) is 3.21. The minimum absolute atomic E-state index is 1.35. The van der Waals surface area contributed by atoms with Crippen molar-refractivity contribution in [1.82, 2.24) is 0 Å². The summed E-state index contributed by atoms with van der Waals surface area (Å²) in [5.74, 6) is 0. The summed E-state index contributed by atoms with van der Waals surface area (Å²) in [6.45, 7) is 0. The van der Waals surface area contributed by atoms with Gasteiger partial charge >= 0.3 is 0 Å². The summed E-state index contributed by atoms with van der Waals surface area (Å²) in [5, 5.41) is 0. The summed E-state index contributed by atoms with van der Waals surface area (Å²) >= 11 is 4.95. The van der Waals surface area contributed by atoms with Crippen LogP contribution in [0, 0.1) is 0 Å². The second-order valence-corrected chi connectivity index (χ2v) is 0.616. The lowest BCUT2D eigenvalue weighted by molar-refractivity contribution is -0.411. The third-order valence-corrected chi connectivity index (χ3v) is 0.327. The van der Waals surface area contributed by atoms with Gasteiger partial charge in [-0.05, 0) is 11.6 Å². The molecule has 0 aromatic heterocycles. The highest BCUT2D eigenvalue weighted by Gasteiger charge is 1.45.